The third kappa shape index (κ3) is 7.72. The minimum atomic E-state index is -0.751. The van der Waals surface area contributed by atoms with Crippen LogP contribution in [-0.4, -0.2) is 37.7 Å². The van der Waals surface area contributed by atoms with Crippen LogP contribution in [0.1, 0.15) is 36.7 Å². The van der Waals surface area contributed by atoms with E-state index in [2.05, 4.69) is 5.32 Å². The molecule has 0 saturated heterocycles. The molecule has 0 aliphatic rings. The molecule has 31 heavy (non-hydrogen) atoms. The van der Waals surface area contributed by atoms with Crippen molar-refractivity contribution in [3.05, 3.63) is 44.8 Å². The molecule has 0 spiro atoms. The summed E-state index contributed by atoms with van der Waals surface area (Å²) in [6.45, 7) is 5.03. The predicted octanol–water partition coefficient (Wildman–Crippen LogP) is 4.99. The zero-order chi connectivity index (χ0) is 23.0. The number of rotatable bonds is 10. The van der Waals surface area contributed by atoms with E-state index in [-0.39, 0.29) is 17.4 Å². The van der Waals surface area contributed by atoms with Crippen molar-refractivity contribution in [1.29, 1.82) is 0 Å². The van der Waals surface area contributed by atoms with Crippen molar-refractivity contribution < 1.29 is 28.6 Å². The van der Waals surface area contributed by atoms with Crippen LogP contribution in [0.5, 0.6) is 5.75 Å². The molecule has 0 unspecified atom stereocenters. The molecular weight excluding hydrogens is 465 g/mol. The number of hydrogen-bond donors (Lipinski definition) is 1. The van der Waals surface area contributed by atoms with Crippen LogP contribution in [0, 0.1) is 5.92 Å². The van der Waals surface area contributed by atoms with E-state index in [1.54, 1.807) is 13.0 Å². The number of thiophene rings is 1. The molecule has 1 heterocycles. The summed E-state index contributed by atoms with van der Waals surface area (Å²) >= 11 is 13.0. The van der Waals surface area contributed by atoms with Gasteiger partial charge in [-0.05, 0) is 48.4 Å². The molecule has 0 aliphatic carbocycles. The average molecular weight is 488 g/mol. The van der Waals surface area contributed by atoms with Gasteiger partial charge in [0.1, 0.15) is 10.8 Å². The smallest absolute Gasteiger partial charge is 0.344 e. The van der Waals surface area contributed by atoms with Gasteiger partial charge in [0.25, 0.3) is 5.91 Å². The van der Waals surface area contributed by atoms with Crippen molar-refractivity contribution in [1.82, 2.24) is 0 Å². The number of amides is 1. The summed E-state index contributed by atoms with van der Waals surface area (Å²) in [5, 5.41) is 5.47. The topological polar surface area (TPSA) is 90.9 Å². The first-order valence-corrected chi connectivity index (χ1v) is 11.2. The fourth-order valence-electron chi connectivity index (χ4n) is 2.58. The molecule has 0 fully saturated rings. The lowest BCUT2D eigenvalue weighted by Crippen LogP contribution is -2.24. The summed E-state index contributed by atoms with van der Waals surface area (Å²) in [5.41, 5.74) is 1.14. The van der Waals surface area contributed by atoms with Gasteiger partial charge in [-0.25, -0.2) is 9.59 Å². The van der Waals surface area contributed by atoms with E-state index in [1.807, 2.05) is 19.2 Å². The highest BCUT2D eigenvalue weighted by molar-refractivity contribution is 7.15. The highest BCUT2D eigenvalue weighted by atomic mass is 35.5. The third-order valence-electron chi connectivity index (χ3n) is 3.83. The highest BCUT2D eigenvalue weighted by Crippen LogP contribution is 2.31. The molecule has 0 aliphatic heterocycles. The number of esters is 2. The first-order valence-electron chi connectivity index (χ1n) is 9.52. The number of anilines is 1. The van der Waals surface area contributed by atoms with Gasteiger partial charge in [-0.1, -0.05) is 37.0 Å². The lowest BCUT2D eigenvalue weighted by atomic mass is 10.0. The van der Waals surface area contributed by atoms with Crippen molar-refractivity contribution in [2.24, 2.45) is 5.92 Å². The first-order chi connectivity index (χ1) is 14.7. The number of hydrogen-bond acceptors (Lipinski definition) is 7. The Labute approximate surface area is 194 Å². The monoisotopic (exact) mass is 487 g/mol. The molecule has 0 bridgehead atoms. The van der Waals surface area contributed by atoms with Crippen molar-refractivity contribution >= 4 is 57.4 Å². The molecule has 168 valence electrons. The van der Waals surface area contributed by atoms with Crippen LogP contribution < -0.4 is 10.1 Å². The zero-order valence-corrected chi connectivity index (χ0v) is 19.7. The molecular formula is C21H23Cl2NO6S. The summed E-state index contributed by atoms with van der Waals surface area (Å²) in [4.78, 5) is 36.5. The fourth-order valence-corrected chi connectivity index (χ4v) is 4.02. The van der Waals surface area contributed by atoms with Crippen LogP contribution in [0.2, 0.25) is 10.0 Å². The zero-order valence-electron chi connectivity index (χ0n) is 17.3. The van der Waals surface area contributed by atoms with Gasteiger partial charge in [-0.3, -0.25) is 4.79 Å². The molecule has 1 N–H and O–H groups in total. The first kappa shape index (κ1) is 25.0. The van der Waals surface area contributed by atoms with Gasteiger partial charge in [0, 0.05) is 5.02 Å². The van der Waals surface area contributed by atoms with Crippen LogP contribution in [-0.2, 0) is 25.5 Å². The lowest BCUT2D eigenvalue weighted by molar-refractivity contribution is -0.149. The summed E-state index contributed by atoms with van der Waals surface area (Å²) < 4.78 is 15.3. The van der Waals surface area contributed by atoms with Crippen LogP contribution >= 0.6 is 34.5 Å². The molecule has 0 radical (unpaired) electrons. The fraction of sp³-hybridized carbons (Fsp3) is 0.381. The van der Waals surface area contributed by atoms with Crippen LogP contribution in [0.4, 0.5) is 5.00 Å². The van der Waals surface area contributed by atoms with E-state index in [1.165, 1.54) is 23.5 Å². The van der Waals surface area contributed by atoms with Crippen molar-refractivity contribution in [2.45, 2.75) is 27.2 Å². The third-order valence-corrected chi connectivity index (χ3v) is 5.31. The average Bonchev–Trinajstić information content (AvgIpc) is 3.07. The summed E-state index contributed by atoms with van der Waals surface area (Å²) in [7, 11) is 0. The van der Waals surface area contributed by atoms with E-state index in [9.17, 15) is 14.4 Å². The van der Waals surface area contributed by atoms with Gasteiger partial charge >= 0.3 is 11.9 Å². The summed E-state index contributed by atoms with van der Waals surface area (Å²) in [6, 6.07) is 4.57. The Morgan fingerprint density at radius 1 is 1.13 bits per heavy atom. The quantitative estimate of drug-likeness (QED) is 0.474. The number of carbonyl (C=O) groups excluding carboxylic acids is 3. The molecule has 0 saturated carbocycles. The van der Waals surface area contributed by atoms with Crippen molar-refractivity contribution in [3.63, 3.8) is 0 Å². The second-order valence-corrected chi connectivity index (χ2v) is 8.58. The second-order valence-electron chi connectivity index (χ2n) is 6.86. The Balaban J connectivity index is 1.92. The largest absolute Gasteiger partial charge is 0.480 e. The van der Waals surface area contributed by atoms with Crippen LogP contribution in [0.3, 0.4) is 0 Å². The molecule has 2 aromatic rings. The van der Waals surface area contributed by atoms with Crippen LogP contribution in [0.15, 0.2) is 23.6 Å². The molecule has 0 atom stereocenters. The number of benzene rings is 1. The maximum Gasteiger partial charge on any atom is 0.344 e. The normalized spacial score (nSPS) is 10.6. The van der Waals surface area contributed by atoms with E-state index < -0.39 is 31.1 Å². The summed E-state index contributed by atoms with van der Waals surface area (Å²) in [6.07, 6.45) is 0.667. The number of carbonyl (C=O) groups is 3. The van der Waals surface area contributed by atoms with E-state index in [0.29, 0.717) is 27.9 Å². The summed E-state index contributed by atoms with van der Waals surface area (Å²) in [5.74, 6) is -1.25. The van der Waals surface area contributed by atoms with Crippen molar-refractivity contribution in [3.8, 4) is 5.75 Å². The van der Waals surface area contributed by atoms with E-state index in [0.717, 1.165) is 5.56 Å². The number of halogens is 2. The second kappa shape index (κ2) is 11.9. The molecule has 7 nitrogen and oxygen atoms in total. The predicted molar refractivity (Wildman–Crippen MR) is 120 cm³/mol. The minimum absolute atomic E-state index is 0.221. The maximum atomic E-state index is 12.4. The Bertz CT molecular complexity index is 944. The minimum Gasteiger partial charge on any atom is -0.480 e. The Morgan fingerprint density at radius 3 is 2.52 bits per heavy atom. The Kier molecular flexibility index (Phi) is 9.61. The van der Waals surface area contributed by atoms with Crippen LogP contribution in [0.25, 0.3) is 0 Å². The van der Waals surface area contributed by atoms with Gasteiger partial charge in [-0.15, -0.1) is 11.3 Å². The highest BCUT2D eigenvalue weighted by Gasteiger charge is 2.22. The SMILES string of the molecule is CCOC(=O)c1c(CC(C)C)csc1NC(=O)COC(=O)COc1ccc(Cl)cc1Cl. The molecule has 2 rings (SSSR count). The molecule has 1 aromatic heterocycles. The van der Waals surface area contributed by atoms with Gasteiger partial charge < -0.3 is 19.5 Å². The van der Waals surface area contributed by atoms with Gasteiger partial charge in [0.05, 0.1) is 17.2 Å². The molecule has 1 amide bonds. The van der Waals surface area contributed by atoms with Gasteiger partial charge in [-0.2, -0.15) is 0 Å². The lowest BCUT2D eigenvalue weighted by Gasteiger charge is -2.10. The maximum absolute atomic E-state index is 12.4. The van der Waals surface area contributed by atoms with E-state index >= 15 is 0 Å². The number of ether oxygens (including phenoxy) is 3. The van der Waals surface area contributed by atoms with Crippen molar-refractivity contribution in [2.75, 3.05) is 25.1 Å². The molecule has 1 aromatic carbocycles. The standard InChI is InChI=1S/C21H23Cl2NO6S/c1-4-28-21(27)19-13(7-12(2)3)11-31-20(19)24-17(25)9-30-18(26)10-29-16-6-5-14(22)8-15(16)23/h5-6,8,11-12H,4,7,9-10H2,1-3H3,(H,24,25). The van der Waals surface area contributed by atoms with Gasteiger partial charge in [0.15, 0.2) is 13.2 Å². The Morgan fingerprint density at radius 2 is 1.87 bits per heavy atom. The Hall–Kier alpha value is -2.29. The molecule has 10 heteroatoms. The number of nitrogens with one attached hydrogen (secondary N) is 1. The van der Waals surface area contributed by atoms with E-state index in [4.69, 9.17) is 37.4 Å². The van der Waals surface area contributed by atoms with Gasteiger partial charge in [0.2, 0.25) is 0 Å².